The van der Waals surface area contributed by atoms with Crippen molar-refractivity contribution in [3.05, 3.63) is 86.8 Å². The highest BCUT2D eigenvalue weighted by molar-refractivity contribution is 6.31. The number of ether oxygens (including phenoxy) is 1. The molecular weight excluding hydrogens is 423 g/mol. The molecule has 0 spiro atoms. The Morgan fingerprint density at radius 3 is 2.53 bits per heavy atom. The number of pyridine rings is 1. The van der Waals surface area contributed by atoms with Crippen LogP contribution in [-0.2, 0) is 13.5 Å². The number of hydrogen-bond acceptors (Lipinski definition) is 5. The molecule has 0 unspecified atom stereocenters. The number of anilines is 1. The van der Waals surface area contributed by atoms with Crippen molar-refractivity contribution in [1.82, 2.24) is 14.5 Å². The molecule has 0 amide bonds. The molecule has 4 rings (SSSR count). The summed E-state index contributed by atoms with van der Waals surface area (Å²) in [7, 11) is 1.70. The Kier molecular flexibility index (Phi) is 5.88. The van der Waals surface area contributed by atoms with Crippen LogP contribution >= 0.6 is 23.2 Å². The summed E-state index contributed by atoms with van der Waals surface area (Å²) in [4.78, 5) is 21.2. The van der Waals surface area contributed by atoms with Gasteiger partial charge in [-0.15, -0.1) is 0 Å². The second-order valence-corrected chi connectivity index (χ2v) is 7.57. The standard InChI is InChI=1S/C22H18Cl2N4O2/c1-28-21(29)18-8-4-15(23)12-19(18)27-22(28)25-11-10-14-2-6-17(7-3-14)30-20-9-5-16(24)13-26-20/h2-9,12-13H,10-11H2,1H3,(H,25,27). The molecule has 30 heavy (non-hydrogen) atoms. The van der Waals surface area contributed by atoms with Crippen molar-refractivity contribution in [2.24, 2.45) is 7.05 Å². The molecule has 0 aliphatic carbocycles. The monoisotopic (exact) mass is 440 g/mol. The predicted octanol–water partition coefficient (Wildman–Crippen LogP) is 5.08. The van der Waals surface area contributed by atoms with Crippen LogP contribution in [0.25, 0.3) is 10.9 Å². The van der Waals surface area contributed by atoms with Crippen LogP contribution in [0.4, 0.5) is 5.95 Å². The molecule has 2 aromatic heterocycles. The number of benzene rings is 2. The van der Waals surface area contributed by atoms with Gasteiger partial charge in [-0.05, 0) is 48.4 Å². The molecule has 0 fully saturated rings. The van der Waals surface area contributed by atoms with E-state index in [-0.39, 0.29) is 5.56 Å². The number of fused-ring (bicyclic) bond motifs is 1. The first-order valence-corrected chi connectivity index (χ1v) is 10.0. The van der Waals surface area contributed by atoms with Gasteiger partial charge in [-0.2, -0.15) is 0 Å². The van der Waals surface area contributed by atoms with Crippen molar-refractivity contribution in [2.45, 2.75) is 6.42 Å². The third-order valence-electron chi connectivity index (χ3n) is 4.58. The van der Waals surface area contributed by atoms with Gasteiger partial charge >= 0.3 is 0 Å². The maximum absolute atomic E-state index is 12.5. The summed E-state index contributed by atoms with van der Waals surface area (Å²) in [6.45, 7) is 0.616. The highest BCUT2D eigenvalue weighted by atomic mass is 35.5. The third kappa shape index (κ3) is 4.56. The smallest absolute Gasteiger partial charge is 0.262 e. The number of rotatable bonds is 6. The van der Waals surface area contributed by atoms with Crippen LogP contribution in [-0.4, -0.2) is 21.1 Å². The van der Waals surface area contributed by atoms with Gasteiger partial charge in [0.05, 0.1) is 15.9 Å². The summed E-state index contributed by atoms with van der Waals surface area (Å²) < 4.78 is 7.20. The lowest BCUT2D eigenvalue weighted by atomic mass is 10.1. The predicted molar refractivity (Wildman–Crippen MR) is 120 cm³/mol. The molecule has 0 aliphatic heterocycles. The van der Waals surface area contributed by atoms with Gasteiger partial charge in [-0.25, -0.2) is 9.97 Å². The molecule has 8 heteroatoms. The van der Waals surface area contributed by atoms with Crippen LogP contribution in [0.15, 0.2) is 65.6 Å². The second kappa shape index (κ2) is 8.73. The zero-order chi connectivity index (χ0) is 21.1. The Bertz CT molecular complexity index is 1240. The maximum atomic E-state index is 12.5. The molecule has 1 N–H and O–H groups in total. The summed E-state index contributed by atoms with van der Waals surface area (Å²) in [5.74, 6) is 1.68. The first kappa shape index (κ1) is 20.2. The molecular formula is C22H18Cl2N4O2. The zero-order valence-electron chi connectivity index (χ0n) is 16.1. The van der Waals surface area contributed by atoms with Crippen LogP contribution in [0.1, 0.15) is 5.56 Å². The Hall–Kier alpha value is -3.09. The lowest BCUT2D eigenvalue weighted by molar-refractivity contribution is 0.463. The average molecular weight is 441 g/mol. The Morgan fingerprint density at radius 2 is 1.80 bits per heavy atom. The zero-order valence-corrected chi connectivity index (χ0v) is 17.6. The molecule has 0 saturated heterocycles. The number of halogens is 2. The normalized spacial score (nSPS) is 10.9. The van der Waals surface area contributed by atoms with Crippen LogP contribution in [0.3, 0.4) is 0 Å². The number of aromatic nitrogens is 3. The first-order chi connectivity index (χ1) is 14.5. The van der Waals surface area contributed by atoms with Crippen LogP contribution < -0.4 is 15.6 Å². The fraction of sp³-hybridized carbons (Fsp3) is 0.136. The van der Waals surface area contributed by atoms with E-state index in [4.69, 9.17) is 27.9 Å². The van der Waals surface area contributed by atoms with Gasteiger partial charge in [0.2, 0.25) is 11.8 Å². The minimum atomic E-state index is -0.114. The van der Waals surface area contributed by atoms with Crippen molar-refractivity contribution in [1.29, 1.82) is 0 Å². The molecule has 152 valence electrons. The van der Waals surface area contributed by atoms with Crippen molar-refractivity contribution in [3.63, 3.8) is 0 Å². The summed E-state index contributed by atoms with van der Waals surface area (Å²) in [5.41, 5.74) is 1.58. The molecule has 6 nitrogen and oxygen atoms in total. The van der Waals surface area contributed by atoms with Gasteiger partial charge in [0.25, 0.3) is 5.56 Å². The number of nitrogens with one attached hydrogen (secondary N) is 1. The van der Waals surface area contributed by atoms with Gasteiger partial charge in [-0.1, -0.05) is 35.3 Å². The number of hydrogen-bond donors (Lipinski definition) is 1. The van der Waals surface area contributed by atoms with E-state index in [1.54, 1.807) is 43.6 Å². The van der Waals surface area contributed by atoms with Gasteiger partial charge in [0, 0.05) is 30.9 Å². The van der Waals surface area contributed by atoms with Gasteiger partial charge in [-0.3, -0.25) is 9.36 Å². The topological polar surface area (TPSA) is 69.0 Å². The van der Waals surface area contributed by atoms with Crippen molar-refractivity contribution in [3.8, 4) is 11.6 Å². The quantitative estimate of drug-likeness (QED) is 0.452. The highest BCUT2D eigenvalue weighted by Crippen LogP contribution is 2.21. The molecule has 0 aliphatic rings. The van der Waals surface area contributed by atoms with Gasteiger partial charge in [0.15, 0.2) is 0 Å². The second-order valence-electron chi connectivity index (χ2n) is 6.70. The minimum absolute atomic E-state index is 0.114. The Labute approximate surface area is 183 Å². The number of nitrogens with zero attached hydrogens (tertiary/aromatic N) is 3. The molecule has 4 aromatic rings. The average Bonchev–Trinajstić information content (AvgIpc) is 2.74. The summed E-state index contributed by atoms with van der Waals surface area (Å²) in [5, 5.41) is 4.88. The third-order valence-corrected chi connectivity index (χ3v) is 5.04. The molecule has 2 heterocycles. The van der Waals surface area contributed by atoms with Crippen molar-refractivity contribution >= 4 is 40.1 Å². The molecule has 0 bridgehead atoms. The van der Waals surface area contributed by atoms with E-state index in [2.05, 4.69) is 15.3 Å². The lowest BCUT2D eigenvalue weighted by Gasteiger charge is -2.12. The highest BCUT2D eigenvalue weighted by Gasteiger charge is 2.08. The summed E-state index contributed by atoms with van der Waals surface area (Å²) >= 11 is 11.9. The van der Waals surface area contributed by atoms with E-state index >= 15 is 0 Å². The molecule has 2 aromatic carbocycles. The van der Waals surface area contributed by atoms with E-state index in [9.17, 15) is 4.79 Å². The van der Waals surface area contributed by atoms with E-state index < -0.39 is 0 Å². The largest absolute Gasteiger partial charge is 0.439 e. The Balaban J connectivity index is 1.40. The maximum Gasteiger partial charge on any atom is 0.262 e. The van der Waals surface area contributed by atoms with Crippen LogP contribution in [0.5, 0.6) is 11.6 Å². The fourth-order valence-electron chi connectivity index (χ4n) is 2.99. The molecule has 0 atom stereocenters. The minimum Gasteiger partial charge on any atom is -0.439 e. The van der Waals surface area contributed by atoms with Gasteiger partial charge < -0.3 is 10.1 Å². The van der Waals surface area contributed by atoms with Crippen molar-refractivity contribution < 1.29 is 4.74 Å². The van der Waals surface area contributed by atoms with E-state index in [1.165, 1.54) is 4.57 Å². The SMILES string of the molecule is Cn1c(NCCc2ccc(Oc3ccc(Cl)cn3)cc2)nc2cc(Cl)ccc2c1=O. The lowest BCUT2D eigenvalue weighted by Crippen LogP contribution is -2.23. The van der Waals surface area contributed by atoms with E-state index in [0.29, 0.717) is 45.1 Å². The molecule has 0 saturated carbocycles. The summed E-state index contributed by atoms with van der Waals surface area (Å²) in [6, 6.07) is 16.3. The van der Waals surface area contributed by atoms with E-state index in [1.807, 2.05) is 24.3 Å². The van der Waals surface area contributed by atoms with Crippen LogP contribution in [0, 0.1) is 0 Å². The van der Waals surface area contributed by atoms with Crippen molar-refractivity contribution in [2.75, 3.05) is 11.9 Å². The first-order valence-electron chi connectivity index (χ1n) is 9.28. The van der Waals surface area contributed by atoms with Gasteiger partial charge in [0.1, 0.15) is 5.75 Å². The van der Waals surface area contributed by atoms with E-state index in [0.717, 1.165) is 12.0 Å². The Morgan fingerprint density at radius 1 is 1.03 bits per heavy atom. The fourth-order valence-corrected chi connectivity index (χ4v) is 3.27. The van der Waals surface area contributed by atoms with Crippen LogP contribution in [0.2, 0.25) is 10.0 Å². The molecule has 0 radical (unpaired) electrons. The summed E-state index contributed by atoms with van der Waals surface area (Å²) in [6.07, 6.45) is 2.29.